The Morgan fingerprint density at radius 1 is 0.962 bits per heavy atom. The first kappa shape index (κ1) is 18.2. The lowest BCUT2D eigenvalue weighted by atomic mass is 10.1. The first-order chi connectivity index (χ1) is 12.6. The summed E-state index contributed by atoms with van der Waals surface area (Å²) in [7, 11) is 0. The fourth-order valence-electron chi connectivity index (χ4n) is 3.14. The van der Waals surface area contributed by atoms with Gasteiger partial charge in [0, 0.05) is 24.5 Å². The Labute approximate surface area is 151 Å². The van der Waals surface area contributed by atoms with Gasteiger partial charge in [-0.3, -0.25) is 4.79 Å². The van der Waals surface area contributed by atoms with Gasteiger partial charge < -0.3 is 15.0 Å². The van der Waals surface area contributed by atoms with Crippen LogP contribution < -0.4 is 15.0 Å². The Hall–Kier alpha value is -2.63. The summed E-state index contributed by atoms with van der Waals surface area (Å²) in [6, 6.07) is 13.6. The average molecular weight is 360 g/mol. The van der Waals surface area contributed by atoms with E-state index in [4.69, 9.17) is 0 Å². The lowest BCUT2D eigenvalue weighted by Gasteiger charge is -2.22. The smallest absolute Gasteiger partial charge is 0.387 e. The summed E-state index contributed by atoms with van der Waals surface area (Å²) in [4.78, 5) is 14.8. The third-order valence-electron chi connectivity index (χ3n) is 4.44. The predicted molar refractivity (Wildman–Crippen MR) is 98.2 cm³/mol. The van der Waals surface area contributed by atoms with Gasteiger partial charge in [-0.25, -0.2) is 0 Å². The van der Waals surface area contributed by atoms with Crippen LogP contribution in [0.1, 0.15) is 36.0 Å². The van der Waals surface area contributed by atoms with E-state index < -0.39 is 12.5 Å². The van der Waals surface area contributed by atoms with Crippen molar-refractivity contribution in [2.45, 2.75) is 32.3 Å². The van der Waals surface area contributed by atoms with Gasteiger partial charge in [0.05, 0.1) is 5.56 Å². The van der Waals surface area contributed by atoms with Crippen molar-refractivity contribution < 1.29 is 18.3 Å². The van der Waals surface area contributed by atoms with E-state index in [0.717, 1.165) is 18.8 Å². The molecular formula is C20H22F2N2O2. The lowest BCUT2D eigenvalue weighted by molar-refractivity contribution is -0.0501. The van der Waals surface area contributed by atoms with Gasteiger partial charge >= 0.3 is 6.61 Å². The van der Waals surface area contributed by atoms with Crippen LogP contribution in [0.5, 0.6) is 5.75 Å². The molecule has 0 aliphatic carbocycles. The fourth-order valence-corrected chi connectivity index (χ4v) is 3.14. The molecule has 0 spiro atoms. The number of alkyl halides is 2. The summed E-state index contributed by atoms with van der Waals surface area (Å²) in [5.41, 5.74) is 1.82. The van der Waals surface area contributed by atoms with Crippen molar-refractivity contribution in [1.29, 1.82) is 0 Å². The van der Waals surface area contributed by atoms with Gasteiger partial charge in [-0.1, -0.05) is 25.0 Å². The number of halogens is 2. The van der Waals surface area contributed by atoms with E-state index in [1.54, 1.807) is 12.1 Å². The first-order valence-electron chi connectivity index (χ1n) is 8.84. The number of rotatable bonds is 5. The predicted octanol–water partition coefficient (Wildman–Crippen LogP) is 4.92. The van der Waals surface area contributed by atoms with Crippen LogP contribution in [0.3, 0.4) is 0 Å². The van der Waals surface area contributed by atoms with Gasteiger partial charge in [0.1, 0.15) is 5.75 Å². The topological polar surface area (TPSA) is 41.6 Å². The van der Waals surface area contributed by atoms with E-state index >= 15 is 0 Å². The second-order valence-corrected chi connectivity index (χ2v) is 6.28. The van der Waals surface area contributed by atoms with Crippen molar-refractivity contribution in [2.24, 2.45) is 0 Å². The van der Waals surface area contributed by atoms with E-state index in [1.807, 2.05) is 24.3 Å². The molecule has 0 saturated carbocycles. The first-order valence-corrected chi connectivity index (χ1v) is 8.84. The minimum Gasteiger partial charge on any atom is -0.434 e. The van der Waals surface area contributed by atoms with Gasteiger partial charge in [-0.15, -0.1) is 0 Å². The maximum Gasteiger partial charge on any atom is 0.387 e. The number of hydrogen-bond acceptors (Lipinski definition) is 3. The summed E-state index contributed by atoms with van der Waals surface area (Å²) in [6.45, 7) is -0.884. The molecule has 1 N–H and O–H groups in total. The van der Waals surface area contributed by atoms with E-state index in [0.29, 0.717) is 5.69 Å². The van der Waals surface area contributed by atoms with Gasteiger partial charge in [-0.2, -0.15) is 8.78 Å². The SMILES string of the molecule is O=C(Nc1ccc(N2CCCCCC2)cc1)c1ccccc1OC(F)F. The van der Waals surface area contributed by atoms with Gasteiger partial charge in [0.25, 0.3) is 5.91 Å². The molecule has 0 radical (unpaired) electrons. The Balaban J connectivity index is 1.68. The van der Waals surface area contributed by atoms with Crippen LogP contribution in [-0.4, -0.2) is 25.6 Å². The van der Waals surface area contributed by atoms with Crippen LogP contribution in [0, 0.1) is 0 Å². The van der Waals surface area contributed by atoms with Crippen molar-refractivity contribution in [3.8, 4) is 5.75 Å². The van der Waals surface area contributed by atoms with Crippen LogP contribution in [0.15, 0.2) is 48.5 Å². The summed E-state index contributed by atoms with van der Waals surface area (Å²) < 4.78 is 29.4. The van der Waals surface area contributed by atoms with Crippen molar-refractivity contribution in [2.75, 3.05) is 23.3 Å². The highest BCUT2D eigenvalue weighted by molar-refractivity contribution is 6.06. The minimum atomic E-state index is -2.98. The van der Waals surface area contributed by atoms with Crippen molar-refractivity contribution in [3.05, 3.63) is 54.1 Å². The van der Waals surface area contributed by atoms with Gasteiger partial charge in [0.2, 0.25) is 0 Å². The largest absolute Gasteiger partial charge is 0.434 e. The Morgan fingerprint density at radius 2 is 1.62 bits per heavy atom. The van der Waals surface area contributed by atoms with Crippen LogP contribution in [0.2, 0.25) is 0 Å². The van der Waals surface area contributed by atoms with Crippen LogP contribution in [0.4, 0.5) is 20.2 Å². The van der Waals surface area contributed by atoms with Gasteiger partial charge in [0.15, 0.2) is 0 Å². The molecule has 0 atom stereocenters. The zero-order valence-corrected chi connectivity index (χ0v) is 14.5. The van der Waals surface area contributed by atoms with E-state index in [1.165, 1.54) is 37.8 Å². The van der Waals surface area contributed by atoms with Crippen molar-refractivity contribution in [1.82, 2.24) is 0 Å². The highest BCUT2D eigenvalue weighted by Gasteiger charge is 2.16. The van der Waals surface area contributed by atoms with E-state index in [9.17, 15) is 13.6 Å². The number of hydrogen-bond donors (Lipinski definition) is 1. The second-order valence-electron chi connectivity index (χ2n) is 6.28. The summed E-state index contributed by atoms with van der Waals surface area (Å²) in [6.07, 6.45) is 4.92. The highest BCUT2D eigenvalue weighted by Crippen LogP contribution is 2.24. The number of nitrogens with zero attached hydrogens (tertiary/aromatic N) is 1. The Morgan fingerprint density at radius 3 is 2.27 bits per heavy atom. The molecule has 1 amide bonds. The molecule has 0 aromatic heterocycles. The fraction of sp³-hybridized carbons (Fsp3) is 0.350. The summed E-state index contributed by atoms with van der Waals surface area (Å²) in [5.74, 6) is -0.620. The van der Waals surface area contributed by atoms with Crippen molar-refractivity contribution in [3.63, 3.8) is 0 Å². The third kappa shape index (κ3) is 4.71. The molecule has 2 aromatic rings. The van der Waals surface area contributed by atoms with E-state index in [2.05, 4.69) is 15.0 Å². The quantitative estimate of drug-likeness (QED) is 0.823. The molecule has 1 aliphatic heterocycles. The zero-order valence-electron chi connectivity index (χ0n) is 14.5. The number of anilines is 2. The molecule has 0 unspecified atom stereocenters. The number of amides is 1. The average Bonchev–Trinajstić information content (AvgIpc) is 2.92. The molecule has 1 fully saturated rings. The lowest BCUT2D eigenvalue weighted by Crippen LogP contribution is -2.23. The van der Waals surface area contributed by atoms with Crippen LogP contribution in [-0.2, 0) is 0 Å². The monoisotopic (exact) mass is 360 g/mol. The summed E-state index contributed by atoms with van der Waals surface area (Å²) in [5, 5.41) is 2.73. The van der Waals surface area contributed by atoms with E-state index in [-0.39, 0.29) is 11.3 Å². The minimum absolute atomic E-state index is 0.0735. The molecule has 138 valence electrons. The molecule has 2 aromatic carbocycles. The van der Waals surface area contributed by atoms with Crippen molar-refractivity contribution >= 4 is 17.3 Å². The highest BCUT2D eigenvalue weighted by atomic mass is 19.3. The van der Waals surface area contributed by atoms with Gasteiger partial charge in [-0.05, 0) is 49.2 Å². The number of para-hydroxylation sites is 1. The third-order valence-corrected chi connectivity index (χ3v) is 4.44. The number of carbonyl (C=O) groups excluding carboxylic acids is 1. The molecular weight excluding hydrogens is 338 g/mol. The number of benzene rings is 2. The molecule has 1 aliphatic rings. The Kier molecular flexibility index (Phi) is 6.04. The molecule has 0 bridgehead atoms. The zero-order chi connectivity index (χ0) is 18.4. The standard InChI is InChI=1S/C20H22F2N2O2/c21-20(22)26-18-8-4-3-7-17(18)19(25)23-15-9-11-16(12-10-15)24-13-5-1-2-6-14-24/h3-4,7-12,20H,1-2,5-6,13-14H2,(H,23,25). The molecule has 3 rings (SSSR count). The van der Waals surface area contributed by atoms with Crippen LogP contribution in [0.25, 0.3) is 0 Å². The maximum atomic E-state index is 12.5. The molecule has 1 saturated heterocycles. The van der Waals surface area contributed by atoms with Crippen LogP contribution >= 0.6 is 0 Å². The number of ether oxygens (including phenoxy) is 1. The molecule has 6 heteroatoms. The Bertz CT molecular complexity index is 727. The molecule has 1 heterocycles. The molecule has 4 nitrogen and oxygen atoms in total. The summed E-state index contributed by atoms with van der Waals surface area (Å²) >= 11 is 0. The number of nitrogens with one attached hydrogen (secondary N) is 1. The molecule has 26 heavy (non-hydrogen) atoms. The normalized spacial score (nSPS) is 14.8. The second kappa shape index (κ2) is 8.65. The maximum absolute atomic E-state index is 12.5. The number of carbonyl (C=O) groups is 1.